The van der Waals surface area contributed by atoms with Crippen LogP contribution in [0.15, 0.2) is 115 Å². The van der Waals surface area contributed by atoms with Crippen LogP contribution in [-0.2, 0) is 5.41 Å². The zero-order chi connectivity index (χ0) is 25.9. The Morgan fingerprint density at radius 3 is 2.18 bits per heavy atom. The molecule has 0 unspecified atom stereocenters. The normalized spacial score (nSPS) is 14.1. The van der Waals surface area contributed by atoms with Gasteiger partial charge in [-0.05, 0) is 63.9 Å². The first-order valence-corrected chi connectivity index (χ1v) is 14.4. The van der Waals surface area contributed by atoms with Gasteiger partial charge in [-0.3, -0.25) is 0 Å². The van der Waals surface area contributed by atoms with Crippen molar-refractivity contribution in [1.82, 2.24) is 4.57 Å². The van der Waals surface area contributed by atoms with Crippen molar-refractivity contribution in [1.29, 1.82) is 0 Å². The number of thiophene rings is 1. The van der Waals surface area contributed by atoms with Crippen molar-refractivity contribution in [2.75, 3.05) is 0 Å². The predicted molar refractivity (Wildman–Crippen MR) is 169 cm³/mol. The van der Waals surface area contributed by atoms with E-state index in [-0.39, 0.29) is 5.41 Å². The third-order valence-corrected chi connectivity index (χ3v) is 10.1. The Morgan fingerprint density at radius 1 is 0.590 bits per heavy atom. The van der Waals surface area contributed by atoms with Crippen LogP contribution in [0, 0.1) is 0 Å². The molecule has 0 bridgehead atoms. The SMILES string of the molecule is CC1(C)c2cc3ccccc3cc2-c2c1ccc1c3ccccc3n(-c3cccc4sc5ccccc5c34)c21. The highest BCUT2D eigenvalue weighted by Gasteiger charge is 2.38. The molecule has 8 aromatic rings. The molecule has 0 spiro atoms. The van der Waals surface area contributed by atoms with Crippen molar-refractivity contribution in [2.24, 2.45) is 0 Å². The summed E-state index contributed by atoms with van der Waals surface area (Å²) in [4.78, 5) is 0. The van der Waals surface area contributed by atoms with Gasteiger partial charge in [-0.2, -0.15) is 0 Å². The zero-order valence-electron chi connectivity index (χ0n) is 21.8. The Bertz CT molecular complexity index is 2310. The van der Waals surface area contributed by atoms with Crippen LogP contribution in [0.2, 0.25) is 0 Å². The number of nitrogens with zero attached hydrogens (tertiary/aromatic N) is 1. The molecule has 184 valence electrons. The topological polar surface area (TPSA) is 4.93 Å². The van der Waals surface area contributed by atoms with Gasteiger partial charge in [-0.1, -0.05) is 92.7 Å². The Morgan fingerprint density at radius 2 is 1.31 bits per heavy atom. The molecule has 0 saturated carbocycles. The van der Waals surface area contributed by atoms with Gasteiger partial charge in [-0.15, -0.1) is 11.3 Å². The first-order valence-electron chi connectivity index (χ1n) is 13.6. The fraction of sp³-hybridized carbons (Fsp3) is 0.0811. The van der Waals surface area contributed by atoms with E-state index in [1.54, 1.807) is 0 Å². The number of fused-ring (bicyclic) bond motifs is 11. The molecular weight excluding hydrogens is 490 g/mol. The fourth-order valence-electron chi connectivity index (χ4n) is 7.15. The average molecular weight is 516 g/mol. The molecule has 0 atom stereocenters. The first-order chi connectivity index (χ1) is 19.1. The van der Waals surface area contributed by atoms with E-state index in [4.69, 9.17) is 0 Å². The summed E-state index contributed by atoms with van der Waals surface area (Å²) in [7, 11) is 0. The maximum Gasteiger partial charge on any atom is 0.0622 e. The number of benzene rings is 6. The molecule has 2 aromatic heterocycles. The monoisotopic (exact) mass is 515 g/mol. The van der Waals surface area contributed by atoms with Gasteiger partial charge in [0.1, 0.15) is 0 Å². The van der Waals surface area contributed by atoms with Crippen molar-refractivity contribution in [3.8, 4) is 16.8 Å². The highest BCUT2D eigenvalue weighted by atomic mass is 32.1. The van der Waals surface area contributed by atoms with Gasteiger partial charge < -0.3 is 4.57 Å². The Labute approximate surface area is 230 Å². The van der Waals surface area contributed by atoms with Crippen molar-refractivity contribution >= 4 is 64.1 Å². The van der Waals surface area contributed by atoms with E-state index in [2.05, 4.69) is 134 Å². The molecule has 2 heterocycles. The van der Waals surface area contributed by atoms with Gasteiger partial charge in [0.2, 0.25) is 0 Å². The molecule has 6 aromatic carbocycles. The molecule has 9 rings (SSSR count). The fourth-order valence-corrected chi connectivity index (χ4v) is 8.28. The highest BCUT2D eigenvalue weighted by molar-refractivity contribution is 7.25. The minimum Gasteiger partial charge on any atom is -0.308 e. The second kappa shape index (κ2) is 7.37. The van der Waals surface area contributed by atoms with Crippen LogP contribution in [-0.4, -0.2) is 4.57 Å². The molecule has 39 heavy (non-hydrogen) atoms. The molecule has 1 nitrogen and oxygen atoms in total. The number of rotatable bonds is 1. The lowest BCUT2D eigenvalue weighted by molar-refractivity contribution is 0.661. The summed E-state index contributed by atoms with van der Waals surface area (Å²) in [6.45, 7) is 4.77. The van der Waals surface area contributed by atoms with E-state index < -0.39 is 0 Å². The van der Waals surface area contributed by atoms with Gasteiger partial charge in [0.05, 0.1) is 16.7 Å². The molecule has 1 aliphatic rings. The van der Waals surface area contributed by atoms with Crippen LogP contribution in [0.3, 0.4) is 0 Å². The second-order valence-corrected chi connectivity index (χ2v) is 12.4. The molecule has 1 aliphatic carbocycles. The lowest BCUT2D eigenvalue weighted by Crippen LogP contribution is -2.14. The van der Waals surface area contributed by atoms with Crippen molar-refractivity contribution in [3.05, 3.63) is 126 Å². The molecular formula is C37H25NS. The first kappa shape index (κ1) is 21.5. The molecule has 0 N–H and O–H groups in total. The van der Waals surface area contributed by atoms with Crippen LogP contribution in [0.25, 0.3) is 69.6 Å². The summed E-state index contributed by atoms with van der Waals surface area (Å²) < 4.78 is 5.23. The summed E-state index contributed by atoms with van der Waals surface area (Å²) in [5.41, 5.74) is 9.33. The summed E-state index contributed by atoms with van der Waals surface area (Å²) in [6, 6.07) is 43.0. The molecule has 0 amide bonds. The molecule has 2 heteroatoms. The van der Waals surface area contributed by atoms with Gasteiger partial charge in [0.15, 0.2) is 0 Å². The number of aromatic nitrogens is 1. The maximum atomic E-state index is 2.56. The van der Waals surface area contributed by atoms with E-state index in [9.17, 15) is 0 Å². The summed E-state index contributed by atoms with van der Waals surface area (Å²) in [5.74, 6) is 0. The highest BCUT2D eigenvalue weighted by Crippen LogP contribution is 2.54. The third-order valence-electron chi connectivity index (χ3n) is 8.96. The lowest BCUT2D eigenvalue weighted by Gasteiger charge is -2.22. The quantitative estimate of drug-likeness (QED) is 0.205. The number of hydrogen-bond acceptors (Lipinski definition) is 1. The molecule has 0 fully saturated rings. The number of para-hydroxylation sites is 1. The minimum absolute atomic E-state index is 0.0781. The standard InChI is InChI=1S/C37H25NS/c1-37(2)28-19-18-25-24-12-5-7-14-30(24)38(31-15-9-17-33-35(31)26-13-6-8-16-32(26)39-33)36(25)34(28)27-20-22-10-3-4-11-23(22)21-29(27)37/h3-21H,1-2H3. The molecule has 0 saturated heterocycles. The minimum atomic E-state index is -0.0781. The summed E-state index contributed by atoms with van der Waals surface area (Å²) >= 11 is 1.89. The zero-order valence-corrected chi connectivity index (χ0v) is 22.6. The van der Waals surface area contributed by atoms with E-state index in [1.165, 1.54) is 80.7 Å². The van der Waals surface area contributed by atoms with Crippen LogP contribution >= 0.6 is 11.3 Å². The Hall–Kier alpha value is -4.40. The van der Waals surface area contributed by atoms with Crippen LogP contribution < -0.4 is 0 Å². The van der Waals surface area contributed by atoms with Crippen molar-refractivity contribution in [3.63, 3.8) is 0 Å². The number of hydrogen-bond donors (Lipinski definition) is 0. The van der Waals surface area contributed by atoms with Crippen LogP contribution in [0.5, 0.6) is 0 Å². The van der Waals surface area contributed by atoms with Gasteiger partial charge in [0.25, 0.3) is 0 Å². The largest absolute Gasteiger partial charge is 0.308 e. The summed E-state index contributed by atoms with van der Waals surface area (Å²) in [6.07, 6.45) is 0. The van der Waals surface area contributed by atoms with Gasteiger partial charge >= 0.3 is 0 Å². The third kappa shape index (κ3) is 2.69. The average Bonchev–Trinajstić information content (AvgIpc) is 3.58. The smallest absolute Gasteiger partial charge is 0.0622 e. The molecule has 0 aliphatic heterocycles. The van der Waals surface area contributed by atoms with Gasteiger partial charge in [0, 0.05) is 41.9 Å². The second-order valence-electron chi connectivity index (χ2n) is 11.4. The van der Waals surface area contributed by atoms with E-state index >= 15 is 0 Å². The van der Waals surface area contributed by atoms with Crippen LogP contribution in [0.4, 0.5) is 0 Å². The van der Waals surface area contributed by atoms with E-state index in [0.717, 1.165) is 0 Å². The van der Waals surface area contributed by atoms with E-state index in [1.807, 2.05) is 11.3 Å². The van der Waals surface area contributed by atoms with Gasteiger partial charge in [-0.25, -0.2) is 0 Å². The van der Waals surface area contributed by atoms with Crippen molar-refractivity contribution < 1.29 is 0 Å². The Balaban J connectivity index is 1.52. The predicted octanol–water partition coefficient (Wildman–Crippen LogP) is 10.6. The lowest BCUT2D eigenvalue weighted by atomic mass is 9.82. The molecule has 0 radical (unpaired) electrons. The summed E-state index contributed by atoms with van der Waals surface area (Å²) in [5, 5.41) is 7.90. The van der Waals surface area contributed by atoms with E-state index in [0.29, 0.717) is 0 Å². The van der Waals surface area contributed by atoms with Crippen molar-refractivity contribution in [2.45, 2.75) is 19.3 Å². The van der Waals surface area contributed by atoms with Crippen LogP contribution in [0.1, 0.15) is 25.0 Å². The maximum absolute atomic E-state index is 2.56. The Kier molecular flexibility index (Phi) is 4.07.